The first-order chi connectivity index (χ1) is 14.5. The van der Waals surface area contributed by atoms with Gasteiger partial charge in [-0.2, -0.15) is 4.68 Å². The lowest BCUT2D eigenvalue weighted by Gasteiger charge is -2.27. The van der Waals surface area contributed by atoms with Gasteiger partial charge in [-0.05, 0) is 53.1 Å². The number of carbonyl (C=O) groups excluding carboxylic acids is 1. The molecule has 0 spiro atoms. The first-order valence-corrected chi connectivity index (χ1v) is 9.40. The molecule has 0 aliphatic carbocycles. The van der Waals surface area contributed by atoms with E-state index in [4.69, 9.17) is 15.2 Å². The summed E-state index contributed by atoms with van der Waals surface area (Å²) in [5.74, 6) is 1.01. The highest BCUT2D eigenvalue weighted by Gasteiger charge is 2.33. The van der Waals surface area contributed by atoms with E-state index < -0.39 is 11.9 Å². The number of hydrogen-bond donors (Lipinski definition) is 2. The smallest absolute Gasteiger partial charge is 0.248 e. The summed E-state index contributed by atoms with van der Waals surface area (Å²) in [6.45, 7) is 4.22. The number of amides is 1. The van der Waals surface area contributed by atoms with Gasteiger partial charge in [-0.3, -0.25) is 4.79 Å². The van der Waals surface area contributed by atoms with Gasteiger partial charge in [0.1, 0.15) is 12.6 Å². The molecule has 1 amide bonds. The minimum absolute atomic E-state index is 0.380. The number of benzene rings is 2. The van der Waals surface area contributed by atoms with Crippen molar-refractivity contribution in [2.75, 3.05) is 12.4 Å². The molecule has 1 aliphatic heterocycles. The third-order valence-electron chi connectivity index (χ3n) is 5.13. The zero-order chi connectivity index (χ0) is 21.3. The number of methoxy groups -OCH3 is 1. The lowest BCUT2D eigenvalue weighted by atomic mass is 9.95. The summed E-state index contributed by atoms with van der Waals surface area (Å²) >= 11 is 0. The SMILES string of the molecule is COc1cc(C2C(C(N)=O)=C(C)Nc3nnnn32)ccc1OCc1ccccc1C. The molecule has 30 heavy (non-hydrogen) atoms. The van der Waals surface area contributed by atoms with Crippen LogP contribution in [0, 0.1) is 6.92 Å². The van der Waals surface area contributed by atoms with Gasteiger partial charge in [-0.1, -0.05) is 35.4 Å². The second-order valence-electron chi connectivity index (χ2n) is 7.00. The van der Waals surface area contributed by atoms with Gasteiger partial charge >= 0.3 is 0 Å². The fourth-order valence-corrected chi connectivity index (χ4v) is 3.54. The van der Waals surface area contributed by atoms with Crippen molar-refractivity contribution >= 4 is 11.9 Å². The van der Waals surface area contributed by atoms with Crippen LogP contribution < -0.4 is 20.5 Å². The molecular formula is C21H22N6O3. The molecule has 2 heterocycles. The summed E-state index contributed by atoms with van der Waals surface area (Å²) in [5.41, 5.74) is 9.64. The summed E-state index contributed by atoms with van der Waals surface area (Å²) in [5, 5.41) is 14.7. The molecule has 3 N–H and O–H groups in total. The zero-order valence-corrected chi connectivity index (χ0v) is 16.9. The number of anilines is 1. The molecule has 9 heteroatoms. The zero-order valence-electron chi connectivity index (χ0n) is 16.9. The van der Waals surface area contributed by atoms with E-state index in [0.29, 0.717) is 35.3 Å². The maximum atomic E-state index is 12.2. The van der Waals surface area contributed by atoms with Gasteiger partial charge in [0.05, 0.1) is 12.7 Å². The summed E-state index contributed by atoms with van der Waals surface area (Å²) < 4.78 is 13.1. The molecule has 3 aromatic rings. The Labute approximate surface area is 173 Å². The summed E-state index contributed by atoms with van der Waals surface area (Å²) in [6, 6.07) is 12.9. The highest BCUT2D eigenvalue weighted by molar-refractivity contribution is 5.95. The average molecular weight is 406 g/mol. The van der Waals surface area contributed by atoms with Crippen LogP contribution in [-0.2, 0) is 11.4 Å². The molecule has 2 aromatic carbocycles. The van der Waals surface area contributed by atoms with Crippen LogP contribution >= 0.6 is 0 Å². The molecule has 9 nitrogen and oxygen atoms in total. The Morgan fingerprint density at radius 3 is 2.73 bits per heavy atom. The van der Waals surface area contributed by atoms with Crippen LogP contribution in [0.25, 0.3) is 0 Å². The molecule has 1 aromatic heterocycles. The predicted molar refractivity (Wildman–Crippen MR) is 110 cm³/mol. The van der Waals surface area contributed by atoms with Gasteiger partial charge in [0, 0.05) is 5.70 Å². The van der Waals surface area contributed by atoms with Crippen molar-refractivity contribution in [1.82, 2.24) is 20.2 Å². The molecule has 154 valence electrons. The van der Waals surface area contributed by atoms with Crippen molar-refractivity contribution in [2.45, 2.75) is 26.5 Å². The minimum atomic E-state index is -0.576. The Kier molecular flexibility index (Phi) is 5.09. The van der Waals surface area contributed by atoms with Crippen molar-refractivity contribution < 1.29 is 14.3 Å². The number of primary amides is 1. The number of nitrogens with one attached hydrogen (secondary N) is 1. The number of rotatable bonds is 6. The second-order valence-corrected chi connectivity index (χ2v) is 7.00. The molecule has 0 radical (unpaired) electrons. The van der Waals surface area contributed by atoms with Gasteiger partial charge in [-0.15, -0.1) is 0 Å². The number of ether oxygens (including phenoxy) is 2. The predicted octanol–water partition coefficient (Wildman–Crippen LogP) is 2.34. The highest BCUT2D eigenvalue weighted by atomic mass is 16.5. The lowest BCUT2D eigenvalue weighted by Crippen LogP contribution is -2.31. The van der Waals surface area contributed by atoms with Crippen LogP contribution in [0.2, 0.25) is 0 Å². The Morgan fingerprint density at radius 2 is 2.00 bits per heavy atom. The standard InChI is InChI=1S/C21H22N6O3/c1-12-6-4-5-7-15(12)11-30-16-9-8-14(10-17(16)29-3)19-18(20(22)28)13(2)23-21-24-25-26-27(19)21/h4-10,19H,11H2,1-3H3,(H2,22,28)(H,23,24,26). The Hall–Kier alpha value is -3.88. The van der Waals surface area contributed by atoms with Crippen molar-refractivity contribution in [3.63, 3.8) is 0 Å². The Balaban J connectivity index is 1.69. The summed E-state index contributed by atoms with van der Waals surface area (Å²) in [6.07, 6.45) is 0. The number of nitrogens with zero attached hydrogens (tertiary/aromatic N) is 4. The van der Waals surface area contributed by atoms with Gasteiger partial charge < -0.3 is 20.5 Å². The molecule has 0 bridgehead atoms. The number of aromatic nitrogens is 4. The molecule has 1 unspecified atom stereocenters. The van der Waals surface area contributed by atoms with E-state index in [1.165, 1.54) is 4.68 Å². The van der Waals surface area contributed by atoms with Crippen molar-refractivity contribution in [3.8, 4) is 11.5 Å². The van der Waals surface area contributed by atoms with Crippen LogP contribution in [-0.4, -0.2) is 33.2 Å². The molecule has 0 saturated carbocycles. The maximum absolute atomic E-state index is 12.2. The number of tetrazole rings is 1. The average Bonchev–Trinajstić information content (AvgIpc) is 3.20. The number of nitrogens with two attached hydrogens (primary N) is 1. The fraction of sp³-hybridized carbons (Fsp3) is 0.238. The van der Waals surface area contributed by atoms with E-state index in [9.17, 15) is 4.79 Å². The normalized spacial score (nSPS) is 15.4. The van der Waals surface area contributed by atoms with E-state index in [0.717, 1.165) is 16.7 Å². The van der Waals surface area contributed by atoms with E-state index >= 15 is 0 Å². The van der Waals surface area contributed by atoms with Crippen LogP contribution in [0.5, 0.6) is 11.5 Å². The number of hydrogen-bond acceptors (Lipinski definition) is 7. The van der Waals surface area contributed by atoms with E-state index in [1.807, 2.05) is 49.4 Å². The molecule has 0 fully saturated rings. The largest absolute Gasteiger partial charge is 0.493 e. The van der Waals surface area contributed by atoms with Crippen molar-refractivity contribution in [3.05, 3.63) is 70.4 Å². The second kappa shape index (κ2) is 7.86. The number of allylic oxidation sites excluding steroid dienone is 1. The van der Waals surface area contributed by atoms with Crippen molar-refractivity contribution in [1.29, 1.82) is 0 Å². The van der Waals surface area contributed by atoms with Gasteiger partial charge in [-0.25, -0.2) is 0 Å². The van der Waals surface area contributed by atoms with E-state index in [2.05, 4.69) is 20.8 Å². The van der Waals surface area contributed by atoms with Crippen LogP contribution in [0.15, 0.2) is 53.7 Å². The first-order valence-electron chi connectivity index (χ1n) is 9.40. The quantitative estimate of drug-likeness (QED) is 0.645. The monoisotopic (exact) mass is 406 g/mol. The third-order valence-corrected chi connectivity index (χ3v) is 5.13. The van der Waals surface area contributed by atoms with Gasteiger partial charge in [0.25, 0.3) is 0 Å². The third kappa shape index (κ3) is 3.45. The first kappa shape index (κ1) is 19.4. The molecule has 0 saturated heterocycles. The topological polar surface area (TPSA) is 117 Å². The number of carbonyl (C=O) groups is 1. The van der Waals surface area contributed by atoms with E-state index in [1.54, 1.807) is 14.0 Å². The number of aryl methyl sites for hydroxylation is 1. The Bertz CT molecular complexity index is 1140. The maximum Gasteiger partial charge on any atom is 0.248 e. The molecule has 1 aliphatic rings. The van der Waals surface area contributed by atoms with Crippen LogP contribution in [0.3, 0.4) is 0 Å². The van der Waals surface area contributed by atoms with Crippen LogP contribution in [0.4, 0.5) is 5.95 Å². The number of fused-ring (bicyclic) bond motifs is 1. The fourth-order valence-electron chi connectivity index (χ4n) is 3.54. The van der Waals surface area contributed by atoms with E-state index in [-0.39, 0.29) is 0 Å². The summed E-state index contributed by atoms with van der Waals surface area (Å²) in [7, 11) is 1.57. The molecule has 1 atom stereocenters. The molecule has 4 rings (SSSR count). The highest BCUT2D eigenvalue weighted by Crippen LogP contribution is 2.38. The van der Waals surface area contributed by atoms with Gasteiger partial charge in [0.2, 0.25) is 11.9 Å². The van der Waals surface area contributed by atoms with Crippen molar-refractivity contribution in [2.24, 2.45) is 5.73 Å². The van der Waals surface area contributed by atoms with Crippen LogP contribution in [0.1, 0.15) is 29.7 Å². The Morgan fingerprint density at radius 1 is 1.20 bits per heavy atom. The van der Waals surface area contributed by atoms with Gasteiger partial charge in [0.15, 0.2) is 11.5 Å². The summed E-state index contributed by atoms with van der Waals surface area (Å²) in [4.78, 5) is 12.2. The lowest BCUT2D eigenvalue weighted by molar-refractivity contribution is -0.115. The molecular weight excluding hydrogens is 384 g/mol. The minimum Gasteiger partial charge on any atom is -0.493 e.